The van der Waals surface area contributed by atoms with Crippen LogP contribution in [0.5, 0.6) is 5.75 Å². The maximum atomic E-state index is 13.7. The summed E-state index contributed by atoms with van der Waals surface area (Å²) in [5, 5.41) is 28.1. The quantitative estimate of drug-likeness (QED) is 0.155. The van der Waals surface area contributed by atoms with Crippen LogP contribution in [0.1, 0.15) is 51.6 Å². The topological polar surface area (TPSA) is 143 Å². The number of amides is 1. The molecule has 0 saturated heterocycles. The van der Waals surface area contributed by atoms with Gasteiger partial charge in [0.15, 0.2) is 11.4 Å². The Morgan fingerprint density at radius 2 is 1.80 bits per heavy atom. The minimum absolute atomic E-state index is 0.00306. The molecule has 12 nitrogen and oxygen atoms in total. The molecule has 12 heteroatoms. The summed E-state index contributed by atoms with van der Waals surface area (Å²) in [6, 6.07) is 25.7. The minimum Gasteiger partial charge on any atom is -0.480 e. The highest BCUT2D eigenvalue weighted by Crippen LogP contribution is 2.40. The summed E-state index contributed by atoms with van der Waals surface area (Å²) in [5.41, 5.74) is 5.21. The molecule has 1 N–H and O–H groups in total. The normalized spacial score (nSPS) is 12.7. The predicted octanol–water partition coefficient (Wildman–Crippen LogP) is 5.35. The molecule has 224 valence electrons. The molecule has 0 spiro atoms. The molecule has 1 saturated carbocycles. The molecule has 3 aromatic heterocycles. The summed E-state index contributed by atoms with van der Waals surface area (Å²) in [4.78, 5) is 29.4. The average molecular weight is 601 g/mol. The summed E-state index contributed by atoms with van der Waals surface area (Å²) in [7, 11) is 0. The number of nitrogens with one attached hydrogen (secondary N) is 1. The first-order valence-corrected chi connectivity index (χ1v) is 14.6. The first-order chi connectivity index (χ1) is 22.0. The second-order valence-corrected chi connectivity index (χ2v) is 10.9. The molecule has 45 heavy (non-hydrogen) atoms. The smallest absolute Gasteiger partial charge is 0.310 e. The van der Waals surface area contributed by atoms with Gasteiger partial charge in [-0.2, -0.15) is 5.10 Å². The third-order valence-electron chi connectivity index (χ3n) is 7.70. The highest BCUT2D eigenvalue weighted by Gasteiger charge is 2.28. The van der Waals surface area contributed by atoms with Gasteiger partial charge < -0.3 is 10.1 Å². The van der Waals surface area contributed by atoms with E-state index in [4.69, 9.17) is 9.72 Å². The summed E-state index contributed by atoms with van der Waals surface area (Å²) >= 11 is 0. The van der Waals surface area contributed by atoms with Crippen LogP contribution >= 0.6 is 0 Å². The van der Waals surface area contributed by atoms with E-state index in [0.29, 0.717) is 34.8 Å². The molecule has 1 aliphatic rings. The molecule has 7 rings (SSSR count). The number of aromatic nitrogens is 6. The van der Waals surface area contributed by atoms with Crippen LogP contribution < -0.4 is 10.1 Å². The van der Waals surface area contributed by atoms with Crippen LogP contribution in [0.2, 0.25) is 0 Å². The lowest BCUT2D eigenvalue weighted by Gasteiger charge is -2.12. The lowest BCUT2D eigenvalue weighted by Crippen LogP contribution is -2.24. The van der Waals surface area contributed by atoms with Crippen molar-refractivity contribution in [3.63, 3.8) is 0 Å². The number of carbonyl (C=O) groups excluding carboxylic acids is 1. The fourth-order valence-electron chi connectivity index (χ4n) is 5.23. The van der Waals surface area contributed by atoms with Crippen molar-refractivity contribution in [1.29, 1.82) is 0 Å². The van der Waals surface area contributed by atoms with Crippen molar-refractivity contribution >= 4 is 22.6 Å². The highest BCUT2D eigenvalue weighted by molar-refractivity contribution is 6.05. The van der Waals surface area contributed by atoms with E-state index in [1.54, 1.807) is 35.3 Å². The fraction of sp³-hybridized carbons (Fsp3) is 0.182. The second kappa shape index (κ2) is 12.0. The Labute approximate surface area is 257 Å². The van der Waals surface area contributed by atoms with Gasteiger partial charge in [-0.25, -0.2) is 14.3 Å². The van der Waals surface area contributed by atoms with Crippen molar-refractivity contribution in [1.82, 2.24) is 35.1 Å². The molecular weight excluding hydrogens is 572 g/mol. The zero-order chi connectivity index (χ0) is 30.8. The zero-order valence-electron chi connectivity index (χ0n) is 24.1. The SMILES string of the molecule is O=C(NCc1ccccc1-n1cc(COc2ccccc2[N+](=O)[O-])nn1)c1cc(C2CC2)nc2c1cnn2Cc1ccccc1. The number of para-hydroxylation sites is 3. The van der Waals surface area contributed by atoms with Crippen molar-refractivity contribution in [2.24, 2.45) is 0 Å². The number of nitro benzene ring substituents is 1. The highest BCUT2D eigenvalue weighted by atomic mass is 16.6. The summed E-state index contributed by atoms with van der Waals surface area (Å²) in [6.07, 6.45) is 5.54. The van der Waals surface area contributed by atoms with E-state index in [9.17, 15) is 14.9 Å². The van der Waals surface area contributed by atoms with Gasteiger partial charge in [-0.05, 0) is 42.2 Å². The minimum atomic E-state index is -0.489. The lowest BCUT2D eigenvalue weighted by atomic mass is 10.1. The van der Waals surface area contributed by atoms with Gasteiger partial charge in [-0.1, -0.05) is 65.9 Å². The number of ether oxygens (including phenoxy) is 1. The maximum absolute atomic E-state index is 13.7. The number of nitro groups is 1. The maximum Gasteiger partial charge on any atom is 0.310 e. The Morgan fingerprint density at radius 1 is 1.02 bits per heavy atom. The van der Waals surface area contributed by atoms with Crippen molar-refractivity contribution in [3.8, 4) is 11.4 Å². The molecule has 1 fully saturated rings. The molecular formula is C33H28N8O4. The van der Waals surface area contributed by atoms with Crippen molar-refractivity contribution in [2.75, 3.05) is 0 Å². The Kier molecular flexibility index (Phi) is 7.44. The molecule has 1 aliphatic carbocycles. The predicted molar refractivity (Wildman–Crippen MR) is 165 cm³/mol. The van der Waals surface area contributed by atoms with Gasteiger partial charge in [-0.3, -0.25) is 14.9 Å². The van der Waals surface area contributed by atoms with Gasteiger partial charge in [0.05, 0.1) is 40.5 Å². The van der Waals surface area contributed by atoms with Crippen LogP contribution in [0, 0.1) is 10.1 Å². The van der Waals surface area contributed by atoms with Crippen LogP contribution in [0.4, 0.5) is 5.69 Å². The van der Waals surface area contributed by atoms with E-state index in [1.165, 1.54) is 6.07 Å². The number of hydrogen-bond donors (Lipinski definition) is 1. The summed E-state index contributed by atoms with van der Waals surface area (Å²) < 4.78 is 9.12. The van der Waals surface area contributed by atoms with E-state index >= 15 is 0 Å². The number of rotatable bonds is 11. The molecule has 3 heterocycles. The van der Waals surface area contributed by atoms with Gasteiger partial charge in [0.2, 0.25) is 0 Å². The first-order valence-electron chi connectivity index (χ1n) is 14.6. The second-order valence-electron chi connectivity index (χ2n) is 10.9. The largest absolute Gasteiger partial charge is 0.480 e. The standard InChI is InChI=1S/C33H28N8O4/c42-33(26-16-28(23-14-15-23)36-32-27(26)18-35-40(32)19-22-8-2-1-3-9-22)34-17-24-10-4-5-11-29(24)39-20-25(37-38-39)21-45-31-13-7-6-12-30(31)41(43)44/h1-13,16,18,20,23H,14-15,17,19,21H2,(H,34,42). The van der Waals surface area contributed by atoms with Crippen LogP contribution in [-0.4, -0.2) is 40.6 Å². The van der Waals surface area contributed by atoms with E-state index in [-0.39, 0.29) is 30.5 Å². The van der Waals surface area contributed by atoms with Crippen LogP contribution in [0.3, 0.4) is 0 Å². The number of fused-ring (bicyclic) bond motifs is 1. The molecule has 0 aliphatic heterocycles. The number of pyridine rings is 1. The Bertz CT molecular complexity index is 2020. The third kappa shape index (κ3) is 5.98. The van der Waals surface area contributed by atoms with Gasteiger partial charge in [0.1, 0.15) is 12.3 Å². The monoisotopic (exact) mass is 600 g/mol. The number of carbonyl (C=O) groups is 1. The van der Waals surface area contributed by atoms with Gasteiger partial charge in [0, 0.05) is 24.2 Å². The molecule has 3 aromatic carbocycles. The van der Waals surface area contributed by atoms with Crippen molar-refractivity contribution in [2.45, 2.75) is 38.5 Å². The molecule has 0 unspecified atom stereocenters. The zero-order valence-corrected chi connectivity index (χ0v) is 24.1. The number of nitrogens with zero attached hydrogens (tertiary/aromatic N) is 7. The summed E-state index contributed by atoms with van der Waals surface area (Å²) in [5.74, 6) is 0.302. The van der Waals surface area contributed by atoms with E-state index < -0.39 is 4.92 Å². The number of benzene rings is 3. The van der Waals surface area contributed by atoms with E-state index in [2.05, 4.69) is 20.7 Å². The first kappa shape index (κ1) is 27.9. The number of hydrogen-bond acceptors (Lipinski definition) is 8. The van der Waals surface area contributed by atoms with E-state index in [1.807, 2.05) is 65.3 Å². The molecule has 6 aromatic rings. The van der Waals surface area contributed by atoms with Crippen molar-refractivity contribution < 1.29 is 14.5 Å². The molecule has 0 radical (unpaired) electrons. The average Bonchev–Trinajstić information content (AvgIpc) is 3.69. The van der Waals surface area contributed by atoms with Crippen LogP contribution in [0.25, 0.3) is 16.7 Å². The fourth-order valence-corrected chi connectivity index (χ4v) is 5.23. The van der Waals surface area contributed by atoms with E-state index in [0.717, 1.165) is 35.3 Å². The lowest BCUT2D eigenvalue weighted by molar-refractivity contribution is -0.385. The molecule has 1 amide bonds. The third-order valence-corrected chi connectivity index (χ3v) is 7.70. The Balaban J connectivity index is 1.09. The molecule has 0 bridgehead atoms. The summed E-state index contributed by atoms with van der Waals surface area (Å²) in [6.45, 7) is 0.813. The van der Waals surface area contributed by atoms with Crippen LogP contribution in [-0.2, 0) is 19.7 Å². The van der Waals surface area contributed by atoms with Gasteiger partial charge in [0.25, 0.3) is 5.91 Å². The van der Waals surface area contributed by atoms with Gasteiger partial charge in [-0.15, -0.1) is 5.10 Å². The van der Waals surface area contributed by atoms with Crippen LogP contribution in [0.15, 0.2) is 97.3 Å². The van der Waals surface area contributed by atoms with Crippen molar-refractivity contribution in [3.05, 3.63) is 136 Å². The Morgan fingerprint density at radius 3 is 2.62 bits per heavy atom. The Hall–Kier alpha value is -5.91. The molecule has 0 atom stereocenters. The van der Waals surface area contributed by atoms with Gasteiger partial charge >= 0.3 is 5.69 Å².